The molecule has 1 N–H and O–H groups in total. The maximum absolute atomic E-state index is 12.4. The number of carbonyl (C=O) groups is 1. The quantitative estimate of drug-likeness (QED) is 0.924. The van der Waals surface area contributed by atoms with Crippen LogP contribution in [0.1, 0.15) is 38.2 Å². The molecule has 0 bridgehead atoms. The molecule has 22 heavy (non-hydrogen) atoms. The van der Waals surface area contributed by atoms with Gasteiger partial charge in [-0.25, -0.2) is 0 Å². The van der Waals surface area contributed by atoms with Crippen LogP contribution in [-0.4, -0.2) is 13.0 Å². The fourth-order valence-electron chi connectivity index (χ4n) is 3.29. The normalized spacial score (nSPS) is 16.6. The van der Waals surface area contributed by atoms with E-state index in [2.05, 4.69) is 36.5 Å². The van der Waals surface area contributed by atoms with Gasteiger partial charge in [0.15, 0.2) is 0 Å². The highest BCUT2D eigenvalue weighted by molar-refractivity contribution is 5.85. The second-order valence-electron chi connectivity index (χ2n) is 6.50. The summed E-state index contributed by atoms with van der Waals surface area (Å²) in [6.45, 7) is 2.68. The van der Waals surface area contributed by atoms with Gasteiger partial charge in [0.1, 0.15) is 5.75 Å². The van der Waals surface area contributed by atoms with Gasteiger partial charge >= 0.3 is 0 Å². The summed E-state index contributed by atoms with van der Waals surface area (Å²) in [5.74, 6) is 1.06. The zero-order valence-corrected chi connectivity index (χ0v) is 13.3. The maximum atomic E-state index is 12.4. The van der Waals surface area contributed by atoms with Crippen LogP contribution in [0.4, 0.5) is 0 Å². The van der Waals surface area contributed by atoms with Gasteiger partial charge < -0.3 is 10.1 Å². The number of rotatable bonds is 4. The van der Waals surface area contributed by atoms with Gasteiger partial charge in [-0.1, -0.05) is 38.0 Å². The zero-order valence-electron chi connectivity index (χ0n) is 13.3. The first-order valence-corrected chi connectivity index (χ1v) is 7.96. The van der Waals surface area contributed by atoms with Gasteiger partial charge in [-0.05, 0) is 47.4 Å². The SMILES string of the molecule is COc1ccc2cc(CNC(=O)C3(C)CCCC3)ccc2c1. The average molecular weight is 297 g/mol. The van der Waals surface area contributed by atoms with E-state index in [1.165, 1.54) is 18.2 Å². The molecule has 0 aromatic heterocycles. The number of nitrogens with one attached hydrogen (secondary N) is 1. The molecule has 0 atom stereocenters. The maximum Gasteiger partial charge on any atom is 0.226 e. The number of carbonyl (C=O) groups excluding carboxylic acids is 1. The van der Waals surface area contributed by atoms with Crippen LogP contribution in [0.15, 0.2) is 36.4 Å². The number of ether oxygens (including phenoxy) is 1. The van der Waals surface area contributed by atoms with E-state index in [1.54, 1.807) is 7.11 Å². The minimum atomic E-state index is -0.162. The average Bonchev–Trinajstić information content (AvgIpc) is 3.00. The second kappa shape index (κ2) is 5.99. The summed E-state index contributed by atoms with van der Waals surface area (Å²) >= 11 is 0. The molecule has 3 heteroatoms. The molecule has 0 unspecified atom stereocenters. The molecule has 1 fully saturated rings. The molecule has 1 aliphatic rings. The topological polar surface area (TPSA) is 38.3 Å². The second-order valence-corrected chi connectivity index (χ2v) is 6.50. The van der Waals surface area contributed by atoms with E-state index in [-0.39, 0.29) is 11.3 Å². The first kappa shape index (κ1) is 14.9. The third kappa shape index (κ3) is 2.94. The fourth-order valence-corrected chi connectivity index (χ4v) is 3.29. The Kier molecular flexibility index (Phi) is 4.06. The summed E-state index contributed by atoms with van der Waals surface area (Å²) in [7, 11) is 1.68. The lowest BCUT2D eigenvalue weighted by atomic mass is 9.88. The number of fused-ring (bicyclic) bond motifs is 1. The van der Waals surface area contributed by atoms with Gasteiger partial charge in [0.05, 0.1) is 7.11 Å². The Hall–Kier alpha value is -2.03. The first-order chi connectivity index (χ1) is 10.6. The van der Waals surface area contributed by atoms with Gasteiger partial charge in [0, 0.05) is 12.0 Å². The Bertz CT molecular complexity index is 687. The van der Waals surface area contributed by atoms with Crippen LogP contribution >= 0.6 is 0 Å². The fraction of sp³-hybridized carbons (Fsp3) is 0.421. The van der Waals surface area contributed by atoms with Gasteiger partial charge in [-0.3, -0.25) is 4.79 Å². The predicted octanol–water partition coefficient (Wildman–Crippen LogP) is 4.04. The van der Waals surface area contributed by atoms with Gasteiger partial charge in [0.2, 0.25) is 5.91 Å². The Morgan fingerprint density at radius 1 is 1.14 bits per heavy atom. The summed E-state index contributed by atoms with van der Waals surface area (Å²) in [6, 6.07) is 12.3. The highest BCUT2D eigenvalue weighted by Crippen LogP contribution is 2.37. The molecule has 1 saturated carbocycles. The number of methoxy groups -OCH3 is 1. The zero-order chi connectivity index (χ0) is 15.6. The van der Waals surface area contributed by atoms with Crippen LogP contribution < -0.4 is 10.1 Å². The Labute approximate surface area is 131 Å². The lowest BCUT2D eigenvalue weighted by Gasteiger charge is -2.22. The molecular weight excluding hydrogens is 274 g/mol. The van der Waals surface area contributed by atoms with Crippen LogP contribution in [0, 0.1) is 5.41 Å². The molecule has 1 amide bonds. The van der Waals surface area contributed by atoms with E-state index in [1.807, 2.05) is 12.1 Å². The number of hydrogen-bond acceptors (Lipinski definition) is 2. The smallest absolute Gasteiger partial charge is 0.226 e. The van der Waals surface area contributed by atoms with Crippen molar-refractivity contribution in [2.45, 2.75) is 39.2 Å². The molecule has 1 aliphatic carbocycles. The van der Waals surface area contributed by atoms with Crippen molar-refractivity contribution in [2.75, 3.05) is 7.11 Å². The molecule has 116 valence electrons. The van der Waals surface area contributed by atoms with Gasteiger partial charge in [-0.15, -0.1) is 0 Å². The predicted molar refractivity (Wildman–Crippen MR) is 88.9 cm³/mol. The molecule has 2 aromatic rings. The summed E-state index contributed by atoms with van der Waals surface area (Å²) in [5, 5.41) is 5.42. The van der Waals surface area contributed by atoms with Gasteiger partial charge in [0.25, 0.3) is 0 Å². The van der Waals surface area contributed by atoms with Crippen molar-refractivity contribution in [1.29, 1.82) is 0 Å². The van der Waals surface area contributed by atoms with E-state index < -0.39 is 0 Å². The third-order valence-corrected chi connectivity index (χ3v) is 4.82. The highest BCUT2D eigenvalue weighted by Gasteiger charge is 2.35. The third-order valence-electron chi connectivity index (χ3n) is 4.82. The first-order valence-electron chi connectivity index (χ1n) is 7.96. The molecule has 0 aliphatic heterocycles. The van der Waals surface area contributed by atoms with Crippen molar-refractivity contribution in [3.05, 3.63) is 42.0 Å². The highest BCUT2D eigenvalue weighted by atomic mass is 16.5. The summed E-state index contributed by atoms with van der Waals surface area (Å²) in [4.78, 5) is 12.4. The summed E-state index contributed by atoms with van der Waals surface area (Å²) in [5.41, 5.74) is 0.970. The number of hydrogen-bond donors (Lipinski definition) is 1. The van der Waals surface area contributed by atoms with E-state index in [0.717, 1.165) is 29.5 Å². The van der Waals surface area contributed by atoms with Crippen molar-refractivity contribution in [1.82, 2.24) is 5.32 Å². The van der Waals surface area contributed by atoms with Crippen LogP contribution in [0.2, 0.25) is 0 Å². The molecule has 3 nitrogen and oxygen atoms in total. The van der Waals surface area contributed by atoms with Crippen LogP contribution in [-0.2, 0) is 11.3 Å². The Balaban J connectivity index is 1.70. The minimum Gasteiger partial charge on any atom is -0.497 e. The van der Waals surface area contributed by atoms with Crippen LogP contribution in [0.5, 0.6) is 5.75 Å². The van der Waals surface area contributed by atoms with E-state index in [4.69, 9.17) is 4.74 Å². The lowest BCUT2D eigenvalue weighted by Crippen LogP contribution is -2.36. The molecule has 0 radical (unpaired) electrons. The summed E-state index contributed by atoms with van der Waals surface area (Å²) < 4.78 is 5.24. The molecule has 0 saturated heterocycles. The van der Waals surface area contributed by atoms with Crippen molar-refractivity contribution >= 4 is 16.7 Å². The van der Waals surface area contributed by atoms with E-state index >= 15 is 0 Å². The molecule has 0 spiro atoms. The Morgan fingerprint density at radius 3 is 2.55 bits per heavy atom. The number of amides is 1. The van der Waals surface area contributed by atoms with Crippen LogP contribution in [0.3, 0.4) is 0 Å². The summed E-state index contributed by atoms with van der Waals surface area (Å²) in [6.07, 6.45) is 4.36. The molecule has 3 rings (SSSR count). The monoisotopic (exact) mass is 297 g/mol. The largest absolute Gasteiger partial charge is 0.497 e. The molecule has 2 aromatic carbocycles. The van der Waals surface area contributed by atoms with Crippen molar-refractivity contribution in [3.63, 3.8) is 0 Å². The van der Waals surface area contributed by atoms with Gasteiger partial charge in [-0.2, -0.15) is 0 Å². The Morgan fingerprint density at radius 2 is 1.82 bits per heavy atom. The standard InChI is InChI=1S/C19H23NO2/c1-19(9-3-4-10-19)18(21)20-13-14-5-6-16-12-17(22-2)8-7-15(16)11-14/h5-8,11-12H,3-4,9-10,13H2,1-2H3,(H,20,21). The molecular formula is C19H23NO2. The van der Waals surface area contributed by atoms with Crippen molar-refractivity contribution in [3.8, 4) is 5.75 Å². The number of benzene rings is 2. The minimum absolute atomic E-state index is 0.162. The van der Waals surface area contributed by atoms with E-state index in [9.17, 15) is 4.79 Å². The van der Waals surface area contributed by atoms with E-state index in [0.29, 0.717) is 6.54 Å². The lowest BCUT2D eigenvalue weighted by molar-refractivity contribution is -0.130. The molecule has 0 heterocycles. The van der Waals surface area contributed by atoms with Crippen molar-refractivity contribution < 1.29 is 9.53 Å². The van der Waals surface area contributed by atoms with Crippen molar-refractivity contribution in [2.24, 2.45) is 5.41 Å². The van der Waals surface area contributed by atoms with Crippen LogP contribution in [0.25, 0.3) is 10.8 Å².